The molecule has 2 rings (SSSR count). The number of hydrogen-bond acceptors (Lipinski definition) is 4. The molecule has 0 amide bonds. The molecule has 5 nitrogen and oxygen atoms in total. The lowest BCUT2D eigenvalue weighted by Gasteiger charge is -2.30. The van der Waals surface area contributed by atoms with Gasteiger partial charge in [0.1, 0.15) is 4.90 Å². The van der Waals surface area contributed by atoms with Crippen molar-refractivity contribution in [2.24, 2.45) is 0 Å². The number of nitrogens with zero attached hydrogens (tertiary/aromatic N) is 1. The largest absolute Gasteiger partial charge is 0.398 e. The minimum Gasteiger partial charge on any atom is -0.398 e. The highest BCUT2D eigenvalue weighted by molar-refractivity contribution is 7.89. The molecule has 0 spiro atoms. The van der Waals surface area contributed by atoms with E-state index in [1.165, 1.54) is 4.31 Å². The van der Waals surface area contributed by atoms with Crippen molar-refractivity contribution in [1.29, 1.82) is 0 Å². The number of piperidine rings is 1. The van der Waals surface area contributed by atoms with Gasteiger partial charge in [-0.1, -0.05) is 12.1 Å². The average molecular weight is 270 g/mol. The van der Waals surface area contributed by atoms with Crippen molar-refractivity contribution in [2.45, 2.75) is 23.8 Å². The van der Waals surface area contributed by atoms with Gasteiger partial charge < -0.3 is 10.5 Å². The summed E-state index contributed by atoms with van der Waals surface area (Å²) in [6.07, 6.45) is 1.61. The second-order valence-corrected chi connectivity index (χ2v) is 6.28. The molecule has 18 heavy (non-hydrogen) atoms. The molecule has 1 aromatic carbocycles. The zero-order valence-electron chi connectivity index (χ0n) is 10.4. The van der Waals surface area contributed by atoms with Crippen LogP contribution in [-0.4, -0.2) is 39.0 Å². The number of ether oxygens (including phenoxy) is 1. The number of nitrogen functional groups attached to an aromatic ring is 1. The van der Waals surface area contributed by atoms with Crippen molar-refractivity contribution in [2.75, 3.05) is 25.9 Å². The van der Waals surface area contributed by atoms with E-state index in [1.54, 1.807) is 31.4 Å². The quantitative estimate of drug-likeness (QED) is 0.834. The maximum absolute atomic E-state index is 12.4. The Morgan fingerprint density at radius 1 is 1.28 bits per heavy atom. The molecule has 0 saturated carbocycles. The van der Waals surface area contributed by atoms with Crippen LogP contribution in [0.2, 0.25) is 0 Å². The smallest absolute Gasteiger partial charge is 0.245 e. The van der Waals surface area contributed by atoms with Gasteiger partial charge in [-0.3, -0.25) is 0 Å². The second-order valence-electron chi connectivity index (χ2n) is 4.38. The predicted molar refractivity (Wildman–Crippen MR) is 69.6 cm³/mol. The van der Waals surface area contributed by atoms with Crippen LogP contribution in [0.3, 0.4) is 0 Å². The fourth-order valence-electron chi connectivity index (χ4n) is 2.16. The van der Waals surface area contributed by atoms with E-state index in [9.17, 15) is 8.42 Å². The van der Waals surface area contributed by atoms with Crippen LogP contribution in [0.4, 0.5) is 5.69 Å². The normalized spacial score (nSPS) is 18.9. The highest BCUT2D eigenvalue weighted by atomic mass is 32.2. The number of hydrogen-bond donors (Lipinski definition) is 1. The standard InChI is InChI=1S/C12H18N2O3S/c1-17-10-6-8-14(9-7-10)18(15,16)12-5-3-2-4-11(12)13/h2-5,10H,6-9,13H2,1H3. The van der Waals surface area contributed by atoms with E-state index < -0.39 is 10.0 Å². The molecule has 0 aromatic heterocycles. The van der Waals surface area contributed by atoms with Gasteiger partial charge in [0.15, 0.2) is 0 Å². The lowest BCUT2D eigenvalue weighted by molar-refractivity contribution is 0.0604. The van der Waals surface area contributed by atoms with Crippen molar-refractivity contribution >= 4 is 15.7 Å². The van der Waals surface area contributed by atoms with Gasteiger partial charge in [-0.2, -0.15) is 4.31 Å². The molecule has 0 radical (unpaired) electrons. The van der Waals surface area contributed by atoms with Gasteiger partial charge in [-0.05, 0) is 25.0 Å². The van der Waals surface area contributed by atoms with Crippen LogP contribution in [0.25, 0.3) is 0 Å². The molecule has 0 bridgehead atoms. The first-order valence-electron chi connectivity index (χ1n) is 5.93. The first kappa shape index (κ1) is 13.3. The molecule has 0 aliphatic carbocycles. The van der Waals surface area contributed by atoms with E-state index in [4.69, 9.17) is 10.5 Å². The first-order valence-corrected chi connectivity index (χ1v) is 7.37. The Balaban J connectivity index is 2.20. The van der Waals surface area contributed by atoms with Crippen molar-refractivity contribution in [3.05, 3.63) is 24.3 Å². The average Bonchev–Trinajstić information content (AvgIpc) is 2.39. The topological polar surface area (TPSA) is 72.6 Å². The van der Waals surface area contributed by atoms with E-state index in [2.05, 4.69) is 0 Å². The van der Waals surface area contributed by atoms with Crippen LogP contribution in [0.5, 0.6) is 0 Å². The molecule has 0 unspecified atom stereocenters. The van der Waals surface area contributed by atoms with Crippen LogP contribution >= 0.6 is 0 Å². The Hall–Kier alpha value is -1.11. The van der Waals surface area contributed by atoms with Gasteiger partial charge in [0, 0.05) is 20.2 Å². The van der Waals surface area contributed by atoms with Crippen LogP contribution < -0.4 is 5.73 Å². The van der Waals surface area contributed by atoms with Gasteiger partial charge >= 0.3 is 0 Å². The summed E-state index contributed by atoms with van der Waals surface area (Å²) in [5.41, 5.74) is 6.03. The number of nitrogens with two attached hydrogens (primary N) is 1. The third kappa shape index (κ3) is 2.50. The second kappa shape index (κ2) is 5.26. The molecule has 1 fully saturated rings. The van der Waals surface area contributed by atoms with Crippen LogP contribution in [0, 0.1) is 0 Å². The monoisotopic (exact) mass is 270 g/mol. The Bertz CT molecular complexity index is 508. The van der Waals surface area contributed by atoms with Gasteiger partial charge in [0.25, 0.3) is 0 Å². The van der Waals surface area contributed by atoms with E-state index in [-0.39, 0.29) is 11.0 Å². The molecular weight excluding hydrogens is 252 g/mol. The number of sulfonamides is 1. The predicted octanol–water partition coefficient (Wildman–Crippen LogP) is 1.07. The fourth-order valence-corrected chi connectivity index (χ4v) is 3.75. The van der Waals surface area contributed by atoms with Gasteiger partial charge in [0.05, 0.1) is 11.8 Å². The minimum absolute atomic E-state index is 0.157. The Morgan fingerprint density at radius 3 is 2.44 bits per heavy atom. The van der Waals surface area contributed by atoms with Gasteiger partial charge in [0.2, 0.25) is 10.0 Å². The van der Waals surface area contributed by atoms with Crippen LogP contribution in [0.15, 0.2) is 29.2 Å². The van der Waals surface area contributed by atoms with E-state index in [0.29, 0.717) is 18.8 Å². The zero-order valence-corrected chi connectivity index (χ0v) is 11.2. The lowest BCUT2D eigenvalue weighted by atomic mass is 10.1. The molecule has 0 atom stereocenters. The summed E-state index contributed by atoms with van der Waals surface area (Å²) >= 11 is 0. The highest BCUT2D eigenvalue weighted by Crippen LogP contribution is 2.25. The third-order valence-corrected chi connectivity index (χ3v) is 5.24. The van der Waals surface area contributed by atoms with Crippen molar-refractivity contribution in [3.63, 3.8) is 0 Å². The summed E-state index contributed by atoms with van der Waals surface area (Å²) in [4.78, 5) is 0.195. The molecular formula is C12H18N2O3S. The summed E-state index contributed by atoms with van der Waals surface area (Å²) in [6, 6.07) is 6.57. The molecule has 1 aliphatic rings. The first-order chi connectivity index (χ1) is 8.55. The summed E-state index contributed by atoms with van der Waals surface area (Å²) in [5.74, 6) is 0. The summed E-state index contributed by atoms with van der Waals surface area (Å²) in [5, 5.41) is 0. The number of anilines is 1. The third-order valence-electron chi connectivity index (χ3n) is 3.27. The summed E-state index contributed by atoms with van der Waals surface area (Å²) in [7, 11) is -1.81. The van der Waals surface area contributed by atoms with E-state index in [0.717, 1.165) is 12.8 Å². The Labute approximate surface area is 108 Å². The Morgan fingerprint density at radius 2 is 1.89 bits per heavy atom. The molecule has 1 heterocycles. The number of methoxy groups -OCH3 is 1. The number of rotatable bonds is 3. The van der Waals surface area contributed by atoms with Gasteiger partial charge in [-0.15, -0.1) is 0 Å². The lowest BCUT2D eigenvalue weighted by Crippen LogP contribution is -2.40. The summed E-state index contributed by atoms with van der Waals surface area (Å²) in [6.45, 7) is 0.963. The maximum Gasteiger partial charge on any atom is 0.245 e. The highest BCUT2D eigenvalue weighted by Gasteiger charge is 2.30. The molecule has 100 valence electrons. The molecule has 2 N–H and O–H groups in total. The molecule has 1 saturated heterocycles. The number of benzene rings is 1. The number of para-hydroxylation sites is 1. The minimum atomic E-state index is -3.47. The molecule has 6 heteroatoms. The maximum atomic E-state index is 12.4. The van der Waals surface area contributed by atoms with Gasteiger partial charge in [-0.25, -0.2) is 8.42 Å². The fraction of sp³-hybridized carbons (Fsp3) is 0.500. The van der Waals surface area contributed by atoms with Crippen molar-refractivity contribution in [3.8, 4) is 0 Å². The van der Waals surface area contributed by atoms with E-state index >= 15 is 0 Å². The molecule has 1 aliphatic heterocycles. The van der Waals surface area contributed by atoms with Crippen molar-refractivity contribution in [1.82, 2.24) is 4.31 Å². The zero-order chi connectivity index (χ0) is 13.2. The SMILES string of the molecule is COC1CCN(S(=O)(=O)c2ccccc2N)CC1. The van der Waals surface area contributed by atoms with Crippen LogP contribution in [0.1, 0.15) is 12.8 Å². The van der Waals surface area contributed by atoms with Crippen molar-refractivity contribution < 1.29 is 13.2 Å². The van der Waals surface area contributed by atoms with Crippen LogP contribution in [-0.2, 0) is 14.8 Å². The Kier molecular flexibility index (Phi) is 3.89. The molecule has 1 aromatic rings. The summed E-state index contributed by atoms with van der Waals surface area (Å²) < 4.78 is 31.5. The van der Waals surface area contributed by atoms with E-state index in [1.807, 2.05) is 0 Å².